The number of benzene rings is 1. The zero-order valence-electron chi connectivity index (χ0n) is 13.1. The lowest BCUT2D eigenvalue weighted by atomic mass is 10.2. The van der Waals surface area contributed by atoms with Crippen molar-refractivity contribution in [3.63, 3.8) is 0 Å². The van der Waals surface area contributed by atoms with Crippen LogP contribution in [-0.2, 0) is 4.79 Å². The molecular formula is C15H17Br2N5OS. The van der Waals surface area contributed by atoms with E-state index in [1.54, 1.807) is 0 Å². The number of rotatable bonds is 5. The molecule has 1 heterocycles. The predicted molar refractivity (Wildman–Crippen MR) is 101 cm³/mol. The van der Waals surface area contributed by atoms with Crippen molar-refractivity contribution in [1.82, 2.24) is 20.2 Å². The molecule has 0 aliphatic heterocycles. The molecule has 0 unspecified atom stereocenters. The molecular weight excluding hydrogens is 458 g/mol. The van der Waals surface area contributed by atoms with E-state index in [1.165, 1.54) is 24.6 Å². The standard InChI is InChI=1S/C15H17Br2N5OS/c1-9-6-11(16)14(12(17)7-9)18-13(23)8-24-15-19-20-21-22(15)10-4-2-3-5-10/h6-7,10H,2-5,8H2,1H3,(H,18,23). The van der Waals surface area contributed by atoms with Gasteiger partial charge in [-0.05, 0) is 79.7 Å². The molecule has 1 amide bonds. The van der Waals surface area contributed by atoms with Gasteiger partial charge in [0.2, 0.25) is 11.1 Å². The van der Waals surface area contributed by atoms with Crippen molar-refractivity contribution >= 4 is 55.2 Å². The minimum absolute atomic E-state index is 0.0915. The first-order chi connectivity index (χ1) is 11.5. The Bertz CT molecular complexity index is 722. The van der Waals surface area contributed by atoms with Gasteiger partial charge in [-0.15, -0.1) is 5.10 Å². The predicted octanol–water partition coefficient (Wildman–Crippen LogP) is 4.35. The molecule has 128 valence electrons. The first kappa shape index (κ1) is 17.9. The van der Waals surface area contributed by atoms with Crippen molar-refractivity contribution in [1.29, 1.82) is 0 Å². The Hall–Kier alpha value is -0.930. The number of nitrogens with zero attached hydrogens (tertiary/aromatic N) is 4. The average molecular weight is 475 g/mol. The summed E-state index contributed by atoms with van der Waals surface area (Å²) < 4.78 is 3.56. The van der Waals surface area contributed by atoms with Crippen LogP contribution in [0.5, 0.6) is 0 Å². The van der Waals surface area contributed by atoms with Gasteiger partial charge >= 0.3 is 0 Å². The molecule has 3 rings (SSSR count). The highest BCUT2D eigenvalue weighted by atomic mass is 79.9. The summed E-state index contributed by atoms with van der Waals surface area (Å²) in [6, 6.07) is 4.30. The number of aromatic nitrogens is 4. The van der Waals surface area contributed by atoms with Gasteiger partial charge in [0.1, 0.15) is 0 Å². The second kappa shape index (κ2) is 7.97. The van der Waals surface area contributed by atoms with E-state index in [0.29, 0.717) is 11.2 Å². The molecule has 2 aromatic rings. The molecule has 0 radical (unpaired) electrons. The fourth-order valence-corrected chi connectivity index (χ4v) is 5.14. The summed E-state index contributed by atoms with van der Waals surface area (Å²) in [4.78, 5) is 12.3. The number of halogens is 2. The number of hydrogen-bond donors (Lipinski definition) is 1. The van der Waals surface area contributed by atoms with Crippen LogP contribution < -0.4 is 5.32 Å². The third-order valence-electron chi connectivity index (χ3n) is 3.92. The number of tetrazole rings is 1. The Morgan fingerprint density at radius 1 is 1.33 bits per heavy atom. The highest BCUT2D eigenvalue weighted by molar-refractivity contribution is 9.11. The highest BCUT2D eigenvalue weighted by Gasteiger charge is 2.22. The summed E-state index contributed by atoms with van der Waals surface area (Å²) in [5.74, 6) is 0.172. The topological polar surface area (TPSA) is 72.7 Å². The molecule has 0 atom stereocenters. The van der Waals surface area contributed by atoms with E-state index in [9.17, 15) is 4.79 Å². The molecule has 1 N–H and O–H groups in total. The van der Waals surface area contributed by atoms with Crippen LogP contribution >= 0.6 is 43.6 Å². The lowest BCUT2D eigenvalue weighted by molar-refractivity contribution is -0.113. The van der Waals surface area contributed by atoms with E-state index in [0.717, 1.165) is 33.0 Å². The second-order valence-corrected chi connectivity index (χ2v) is 8.44. The van der Waals surface area contributed by atoms with Crippen LogP contribution in [0.25, 0.3) is 0 Å². The first-order valence-electron chi connectivity index (χ1n) is 7.71. The molecule has 24 heavy (non-hydrogen) atoms. The van der Waals surface area contributed by atoms with Crippen molar-refractivity contribution in [3.8, 4) is 0 Å². The zero-order chi connectivity index (χ0) is 17.1. The smallest absolute Gasteiger partial charge is 0.234 e. The monoisotopic (exact) mass is 473 g/mol. The van der Waals surface area contributed by atoms with E-state index < -0.39 is 0 Å². The summed E-state index contributed by atoms with van der Waals surface area (Å²) in [5, 5.41) is 15.5. The number of thioether (sulfide) groups is 1. The van der Waals surface area contributed by atoms with Crippen LogP contribution in [0.2, 0.25) is 0 Å². The van der Waals surface area contributed by atoms with E-state index in [4.69, 9.17) is 0 Å². The van der Waals surface area contributed by atoms with Crippen molar-refractivity contribution in [2.24, 2.45) is 0 Å². The zero-order valence-corrected chi connectivity index (χ0v) is 17.1. The number of aryl methyl sites for hydroxylation is 1. The lowest BCUT2D eigenvalue weighted by Crippen LogP contribution is -2.16. The summed E-state index contributed by atoms with van der Waals surface area (Å²) in [5.41, 5.74) is 1.85. The molecule has 9 heteroatoms. The Kier molecular flexibility index (Phi) is 5.93. The molecule has 1 fully saturated rings. The Morgan fingerprint density at radius 3 is 2.67 bits per heavy atom. The van der Waals surface area contributed by atoms with Gasteiger partial charge in [0.25, 0.3) is 0 Å². The molecule has 0 saturated heterocycles. The number of anilines is 1. The van der Waals surface area contributed by atoms with Crippen LogP contribution in [0.4, 0.5) is 5.69 Å². The molecule has 1 aliphatic rings. The van der Waals surface area contributed by atoms with E-state index in [2.05, 4.69) is 52.7 Å². The number of amides is 1. The Labute approximate surface area is 161 Å². The fraction of sp³-hybridized carbons (Fsp3) is 0.467. The van der Waals surface area contributed by atoms with E-state index >= 15 is 0 Å². The van der Waals surface area contributed by atoms with Crippen LogP contribution in [0.15, 0.2) is 26.2 Å². The second-order valence-electron chi connectivity index (χ2n) is 5.78. The van der Waals surface area contributed by atoms with Crippen molar-refractivity contribution in [2.75, 3.05) is 11.1 Å². The van der Waals surface area contributed by atoms with Gasteiger partial charge in [-0.2, -0.15) is 0 Å². The van der Waals surface area contributed by atoms with Gasteiger partial charge in [0.05, 0.1) is 17.5 Å². The summed E-state index contributed by atoms with van der Waals surface area (Å²) in [6.07, 6.45) is 4.64. The number of hydrogen-bond acceptors (Lipinski definition) is 5. The lowest BCUT2D eigenvalue weighted by Gasteiger charge is -2.12. The average Bonchev–Trinajstić information content (AvgIpc) is 3.19. The third kappa shape index (κ3) is 4.18. The number of nitrogens with one attached hydrogen (secondary N) is 1. The van der Waals surface area contributed by atoms with E-state index in [1.807, 2.05) is 23.7 Å². The minimum Gasteiger partial charge on any atom is -0.323 e. The third-order valence-corrected chi connectivity index (χ3v) is 6.10. The van der Waals surface area contributed by atoms with Crippen molar-refractivity contribution < 1.29 is 4.79 Å². The van der Waals surface area contributed by atoms with Gasteiger partial charge in [-0.3, -0.25) is 4.79 Å². The Morgan fingerprint density at radius 2 is 2.00 bits per heavy atom. The molecule has 0 bridgehead atoms. The Balaban J connectivity index is 1.62. The molecule has 1 aromatic carbocycles. The number of carbonyl (C=O) groups excluding carboxylic acids is 1. The first-order valence-corrected chi connectivity index (χ1v) is 10.3. The van der Waals surface area contributed by atoms with Gasteiger partial charge in [0.15, 0.2) is 0 Å². The van der Waals surface area contributed by atoms with Crippen LogP contribution in [0.1, 0.15) is 37.3 Å². The van der Waals surface area contributed by atoms with Gasteiger partial charge in [0, 0.05) is 8.95 Å². The van der Waals surface area contributed by atoms with Crippen LogP contribution in [0, 0.1) is 6.92 Å². The van der Waals surface area contributed by atoms with Crippen LogP contribution in [-0.4, -0.2) is 31.9 Å². The molecule has 0 spiro atoms. The van der Waals surface area contributed by atoms with Crippen molar-refractivity contribution in [3.05, 3.63) is 26.6 Å². The van der Waals surface area contributed by atoms with Crippen LogP contribution in [0.3, 0.4) is 0 Å². The summed E-state index contributed by atoms with van der Waals surface area (Å²) in [7, 11) is 0. The summed E-state index contributed by atoms with van der Waals surface area (Å²) in [6.45, 7) is 2.00. The molecule has 6 nitrogen and oxygen atoms in total. The maximum Gasteiger partial charge on any atom is 0.234 e. The molecule has 1 aromatic heterocycles. The largest absolute Gasteiger partial charge is 0.323 e. The summed E-state index contributed by atoms with van der Waals surface area (Å²) >= 11 is 8.34. The number of carbonyl (C=O) groups is 1. The molecule has 1 saturated carbocycles. The molecule has 1 aliphatic carbocycles. The fourth-order valence-electron chi connectivity index (χ4n) is 2.78. The SMILES string of the molecule is Cc1cc(Br)c(NC(=O)CSc2nnnn2C2CCCC2)c(Br)c1. The maximum atomic E-state index is 12.3. The maximum absolute atomic E-state index is 12.3. The van der Waals surface area contributed by atoms with Gasteiger partial charge < -0.3 is 5.32 Å². The van der Waals surface area contributed by atoms with Crippen molar-refractivity contribution in [2.45, 2.75) is 43.8 Å². The highest BCUT2D eigenvalue weighted by Crippen LogP contribution is 2.33. The minimum atomic E-state index is -0.0915. The van der Waals surface area contributed by atoms with E-state index in [-0.39, 0.29) is 11.7 Å². The quantitative estimate of drug-likeness (QED) is 0.652. The normalized spacial score (nSPS) is 15.0. The van der Waals surface area contributed by atoms with Gasteiger partial charge in [-0.25, -0.2) is 4.68 Å². The van der Waals surface area contributed by atoms with Gasteiger partial charge in [-0.1, -0.05) is 24.6 Å².